The van der Waals surface area contributed by atoms with E-state index in [4.69, 9.17) is 4.74 Å². The molecule has 2 atom stereocenters. The Kier molecular flexibility index (Phi) is 6.78. The molecule has 1 heterocycles. The summed E-state index contributed by atoms with van der Waals surface area (Å²) < 4.78 is 6.05. The summed E-state index contributed by atoms with van der Waals surface area (Å²) in [5.41, 5.74) is 1.24. The molecule has 0 amide bonds. The van der Waals surface area contributed by atoms with E-state index in [2.05, 4.69) is 43.1 Å². The van der Waals surface area contributed by atoms with E-state index in [1.54, 1.807) is 0 Å². The van der Waals surface area contributed by atoms with Gasteiger partial charge in [0.15, 0.2) is 5.90 Å². The molecule has 0 spiro atoms. The van der Waals surface area contributed by atoms with Crippen molar-refractivity contribution < 1.29 is 4.74 Å². The van der Waals surface area contributed by atoms with Gasteiger partial charge in [0, 0.05) is 6.42 Å². The molecule has 0 fully saturated rings. The molecule has 1 aliphatic rings. The third-order valence-corrected chi connectivity index (χ3v) is 4.17. The van der Waals surface area contributed by atoms with E-state index in [0.29, 0.717) is 0 Å². The Morgan fingerprint density at radius 1 is 0.952 bits per heavy atom. The van der Waals surface area contributed by atoms with Gasteiger partial charge in [0.2, 0.25) is 0 Å². The molecular weight excluding hydrogens is 258 g/mol. The van der Waals surface area contributed by atoms with Crippen LogP contribution in [-0.4, -0.2) is 11.9 Å². The molecule has 0 aliphatic carbocycles. The molecule has 0 saturated heterocycles. The molecule has 0 saturated carbocycles. The van der Waals surface area contributed by atoms with Crippen LogP contribution in [0.1, 0.15) is 76.9 Å². The lowest BCUT2D eigenvalue weighted by Crippen LogP contribution is -2.10. The highest BCUT2D eigenvalue weighted by Crippen LogP contribution is 2.30. The fourth-order valence-electron chi connectivity index (χ4n) is 2.92. The van der Waals surface area contributed by atoms with Gasteiger partial charge in [-0.05, 0) is 18.9 Å². The Bertz CT molecular complexity index is 426. The lowest BCUT2D eigenvalue weighted by Gasteiger charge is -2.15. The zero-order chi connectivity index (χ0) is 14.9. The number of ether oxygens (including phenoxy) is 1. The predicted molar refractivity (Wildman–Crippen MR) is 89.8 cm³/mol. The van der Waals surface area contributed by atoms with Crippen LogP contribution in [-0.2, 0) is 4.74 Å². The molecule has 0 N–H and O–H groups in total. The Labute approximate surface area is 129 Å². The molecule has 0 aromatic heterocycles. The smallest absolute Gasteiger partial charge is 0.184 e. The van der Waals surface area contributed by atoms with Crippen LogP contribution in [0.4, 0.5) is 0 Å². The van der Waals surface area contributed by atoms with Gasteiger partial charge in [0.05, 0.1) is 6.04 Å². The average molecular weight is 287 g/mol. The molecule has 2 rings (SSSR count). The minimum atomic E-state index is 0.116. The quantitative estimate of drug-likeness (QED) is 0.535. The first-order chi connectivity index (χ1) is 10.3. The van der Waals surface area contributed by atoms with Crippen molar-refractivity contribution in [1.29, 1.82) is 0 Å². The van der Waals surface area contributed by atoms with Crippen molar-refractivity contribution >= 4 is 5.90 Å². The topological polar surface area (TPSA) is 21.6 Å². The number of hydrogen-bond acceptors (Lipinski definition) is 2. The third kappa shape index (κ3) is 5.18. The summed E-state index contributed by atoms with van der Waals surface area (Å²) in [7, 11) is 0. The first-order valence-corrected chi connectivity index (χ1v) is 8.59. The SMILES string of the molecule is CCCCCCCCCC1=N[C@@H](C)[C@@H](c2ccccc2)O1. The van der Waals surface area contributed by atoms with Crippen molar-refractivity contribution in [3.8, 4) is 0 Å². The average Bonchev–Trinajstić information content (AvgIpc) is 2.88. The van der Waals surface area contributed by atoms with Gasteiger partial charge in [-0.1, -0.05) is 75.8 Å². The summed E-state index contributed by atoms with van der Waals surface area (Å²) in [5.74, 6) is 0.963. The van der Waals surface area contributed by atoms with Gasteiger partial charge < -0.3 is 4.74 Å². The zero-order valence-corrected chi connectivity index (χ0v) is 13.6. The maximum Gasteiger partial charge on any atom is 0.184 e. The van der Waals surface area contributed by atoms with E-state index in [1.165, 1.54) is 50.5 Å². The van der Waals surface area contributed by atoms with Gasteiger partial charge in [0.1, 0.15) is 6.10 Å². The first-order valence-electron chi connectivity index (χ1n) is 8.59. The lowest BCUT2D eigenvalue weighted by molar-refractivity contribution is 0.196. The van der Waals surface area contributed by atoms with E-state index >= 15 is 0 Å². The third-order valence-electron chi connectivity index (χ3n) is 4.17. The zero-order valence-electron chi connectivity index (χ0n) is 13.6. The maximum atomic E-state index is 6.05. The Morgan fingerprint density at radius 2 is 1.62 bits per heavy atom. The van der Waals surface area contributed by atoms with Crippen molar-refractivity contribution in [1.82, 2.24) is 0 Å². The minimum absolute atomic E-state index is 0.116. The first kappa shape index (κ1) is 16.1. The number of benzene rings is 1. The second-order valence-corrected chi connectivity index (χ2v) is 6.08. The molecule has 116 valence electrons. The van der Waals surface area contributed by atoms with Gasteiger partial charge >= 0.3 is 0 Å². The van der Waals surface area contributed by atoms with E-state index in [1.807, 2.05) is 6.07 Å². The van der Waals surface area contributed by atoms with Crippen LogP contribution < -0.4 is 0 Å². The molecule has 2 nitrogen and oxygen atoms in total. The number of aliphatic imine (C=N–C) groups is 1. The van der Waals surface area contributed by atoms with E-state index in [0.717, 1.165) is 12.3 Å². The van der Waals surface area contributed by atoms with E-state index < -0.39 is 0 Å². The predicted octanol–water partition coefficient (Wildman–Crippen LogP) is 5.69. The fourth-order valence-corrected chi connectivity index (χ4v) is 2.92. The Hall–Kier alpha value is -1.31. The van der Waals surface area contributed by atoms with Crippen LogP contribution in [0.2, 0.25) is 0 Å². The van der Waals surface area contributed by atoms with Crippen LogP contribution in [0.5, 0.6) is 0 Å². The molecule has 0 bridgehead atoms. The van der Waals surface area contributed by atoms with Crippen molar-refractivity contribution in [2.24, 2.45) is 4.99 Å². The highest BCUT2D eigenvalue weighted by atomic mass is 16.5. The largest absolute Gasteiger partial charge is 0.471 e. The molecule has 1 aliphatic heterocycles. The van der Waals surface area contributed by atoms with Gasteiger partial charge in [-0.15, -0.1) is 0 Å². The van der Waals surface area contributed by atoms with Crippen molar-refractivity contribution in [3.63, 3.8) is 0 Å². The number of nitrogens with zero attached hydrogens (tertiary/aromatic N) is 1. The van der Waals surface area contributed by atoms with Crippen LogP contribution in [0, 0.1) is 0 Å². The van der Waals surface area contributed by atoms with Crippen LogP contribution in [0.15, 0.2) is 35.3 Å². The van der Waals surface area contributed by atoms with Crippen LogP contribution in [0.25, 0.3) is 0 Å². The maximum absolute atomic E-state index is 6.05. The number of unbranched alkanes of at least 4 members (excludes halogenated alkanes) is 6. The summed E-state index contributed by atoms with van der Waals surface area (Å²) in [5, 5.41) is 0. The molecule has 1 aromatic rings. The molecule has 21 heavy (non-hydrogen) atoms. The van der Waals surface area contributed by atoms with Crippen LogP contribution in [0.3, 0.4) is 0 Å². The van der Waals surface area contributed by atoms with Gasteiger partial charge in [-0.3, -0.25) is 0 Å². The minimum Gasteiger partial charge on any atom is -0.471 e. The Balaban J connectivity index is 1.66. The van der Waals surface area contributed by atoms with E-state index in [9.17, 15) is 0 Å². The summed E-state index contributed by atoms with van der Waals surface area (Å²) in [6.07, 6.45) is 10.5. The van der Waals surface area contributed by atoms with Gasteiger partial charge in [0.25, 0.3) is 0 Å². The molecule has 0 radical (unpaired) electrons. The molecule has 2 heteroatoms. The molecule has 1 aromatic carbocycles. The highest BCUT2D eigenvalue weighted by molar-refractivity contribution is 5.78. The number of rotatable bonds is 9. The summed E-state index contributed by atoms with van der Waals surface area (Å²) in [6.45, 7) is 4.41. The normalized spacial score (nSPS) is 21.1. The second-order valence-electron chi connectivity index (χ2n) is 6.08. The monoisotopic (exact) mass is 287 g/mol. The molecular formula is C19H29NO. The number of hydrogen-bond donors (Lipinski definition) is 0. The van der Waals surface area contributed by atoms with Gasteiger partial charge in [-0.25, -0.2) is 4.99 Å². The van der Waals surface area contributed by atoms with E-state index in [-0.39, 0.29) is 12.1 Å². The highest BCUT2D eigenvalue weighted by Gasteiger charge is 2.28. The fraction of sp³-hybridized carbons (Fsp3) is 0.632. The lowest BCUT2D eigenvalue weighted by atomic mass is 10.0. The summed E-state index contributed by atoms with van der Waals surface area (Å²) in [6, 6.07) is 10.7. The van der Waals surface area contributed by atoms with Crippen molar-refractivity contribution in [3.05, 3.63) is 35.9 Å². The Morgan fingerprint density at radius 3 is 2.33 bits per heavy atom. The molecule has 0 unspecified atom stereocenters. The summed E-state index contributed by atoms with van der Waals surface area (Å²) in [4.78, 5) is 4.69. The second kappa shape index (κ2) is 8.86. The van der Waals surface area contributed by atoms with Crippen molar-refractivity contribution in [2.75, 3.05) is 0 Å². The van der Waals surface area contributed by atoms with Gasteiger partial charge in [-0.2, -0.15) is 0 Å². The standard InChI is InChI=1S/C19H29NO/c1-3-4-5-6-7-8-12-15-18-20-16(2)19(21-18)17-13-10-9-11-14-17/h9-11,13-14,16,19H,3-8,12,15H2,1-2H3/t16-,19-/m0/s1. The van der Waals surface area contributed by atoms with Crippen molar-refractivity contribution in [2.45, 2.75) is 77.4 Å². The van der Waals surface area contributed by atoms with Crippen LogP contribution >= 0.6 is 0 Å². The summed E-state index contributed by atoms with van der Waals surface area (Å²) >= 11 is 0.